The van der Waals surface area contributed by atoms with Crippen LogP contribution < -0.4 is 0 Å². The molecule has 0 amide bonds. The van der Waals surface area contributed by atoms with Gasteiger partial charge in [-0.3, -0.25) is 0 Å². The molecule has 0 spiro atoms. The van der Waals surface area contributed by atoms with Crippen molar-refractivity contribution in [3.8, 4) is 0 Å². The van der Waals surface area contributed by atoms with Crippen molar-refractivity contribution in [2.24, 2.45) is 0 Å². The number of hydrogen-bond donors (Lipinski definition) is 0. The van der Waals surface area contributed by atoms with Gasteiger partial charge in [-0.15, -0.1) is 0 Å². The number of ether oxygens (including phenoxy) is 1. The van der Waals surface area contributed by atoms with E-state index in [-0.39, 0.29) is 0 Å². The van der Waals surface area contributed by atoms with Crippen molar-refractivity contribution in [1.29, 1.82) is 0 Å². The lowest BCUT2D eigenvalue weighted by atomic mass is 10.1. The van der Waals surface area contributed by atoms with Crippen molar-refractivity contribution in [2.75, 3.05) is 27.1 Å². The van der Waals surface area contributed by atoms with Gasteiger partial charge < -0.3 is 14.5 Å². The molecule has 1 aromatic carbocycles. The molecule has 16 heavy (non-hydrogen) atoms. The predicted molar refractivity (Wildman–Crippen MR) is 68.0 cm³/mol. The van der Waals surface area contributed by atoms with Crippen LogP contribution in [0.1, 0.15) is 5.56 Å². The maximum Gasteiger partial charge on any atom is 0.174 e. The minimum Gasteiger partial charge on any atom is -0.341 e. The van der Waals surface area contributed by atoms with E-state index in [2.05, 4.69) is 29.2 Å². The molecule has 0 atom stereocenters. The highest BCUT2D eigenvalue weighted by molar-refractivity contribution is 7.80. The second-order valence-electron chi connectivity index (χ2n) is 3.94. The van der Waals surface area contributed by atoms with E-state index in [1.165, 1.54) is 5.56 Å². The molecule has 0 saturated carbocycles. The highest BCUT2D eigenvalue weighted by atomic mass is 32.1. The van der Waals surface area contributed by atoms with E-state index in [1.807, 2.05) is 18.0 Å². The van der Waals surface area contributed by atoms with Crippen molar-refractivity contribution >= 4 is 17.3 Å². The molecule has 86 valence electrons. The average Bonchev–Trinajstić information content (AvgIpc) is 2.32. The quantitative estimate of drug-likeness (QED) is 0.742. The largest absolute Gasteiger partial charge is 0.341 e. The second-order valence-corrected chi connectivity index (χ2v) is 4.31. The predicted octanol–water partition coefficient (Wildman–Crippen LogP) is 1.69. The first kappa shape index (κ1) is 11.4. The van der Waals surface area contributed by atoms with Crippen LogP contribution in [-0.4, -0.2) is 42.0 Å². The summed E-state index contributed by atoms with van der Waals surface area (Å²) in [6.45, 7) is 2.11. The molecule has 1 aromatic rings. The fourth-order valence-corrected chi connectivity index (χ4v) is 1.91. The molecule has 0 aliphatic carbocycles. The van der Waals surface area contributed by atoms with Crippen LogP contribution in [-0.2, 0) is 11.2 Å². The molecule has 2 rings (SSSR count). The van der Waals surface area contributed by atoms with Crippen LogP contribution in [0.25, 0.3) is 0 Å². The fraction of sp³-hybridized carbons (Fsp3) is 0.417. The third kappa shape index (κ3) is 2.71. The molecular weight excluding hydrogens is 220 g/mol. The summed E-state index contributed by atoms with van der Waals surface area (Å²) in [7, 11) is 1.96. The Balaban J connectivity index is 1.88. The monoisotopic (exact) mass is 236 g/mol. The summed E-state index contributed by atoms with van der Waals surface area (Å²) in [6, 6.07) is 10.4. The van der Waals surface area contributed by atoms with Gasteiger partial charge in [0.15, 0.2) is 5.11 Å². The Morgan fingerprint density at radius 1 is 1.25 bits per heavy atom. The van der Waals surface area contributed by atoms with Crippen LogP contribution in [0.2, 0.25) is 0 Å². The zero-order valence-corrected chi connectivity index (χ0v) is 10.2. The number of nitrogens with zero attached hydrogens (tertiary/aromatic N) is 2. The van der Waals surface area contributed by atoms with E-state index in [9.17, 15) is 0 Å². The Morgan fingerprint density at radius 3 is 2.75 bits per heavy atom. The zero-order chi connectivity index (χ0) is 11.4. The molecule has 3 nitrogen and oxygen atoms in total. The molecule has 4 heteroatoms. The maximum atomic E-state index is 5.42. The van der Waals surface area contributed by atoms with Crippen LogP contribution in [0.5, 0.6) is 0 Å². The first-order valence-electron chi connectivity index (χ1n) is 5.39. The van der Waals surface area contributed by atoms with Crippen LogP contribution in [0, 0.1) is 0 Å². The molecule has 0 unspecified atom stereocenters. The fourth-order valence-electron chi connectivity index (χ4n) is 1.71. The van der Waals surface area contributed by atoms with E-state index in [0.717, 1.165) is 18.1 Å². The summed E-state index contributed by atoms with van der Waals surface area (Å²) in [4.78, 5) is 4.04. The minimum absolute atomic E-state index is 0.598. The lowest BCUT2D eigenvalue weighted by Crippen LogP contribution is -2.49. The van der Waals surface area contributed by atoms with Gasteiger partial charge in [-0.25, -0.2) is 0 Å². The highest BCUT2D eigenvalue weighted by Gasteiger charge is 2.18. The Hall–Kier alpha value is -1.13. The Morgan fingerprint density at radius 2 is 2.00 bits per heavy atom. The Kier molecular flexibility index (Phi) is 3.74. The Labute approximate surface area is 102 Å². The first-order chi connectivity index (χ1) is 7.77. The summed E-state index contributed by atoms with van der Waals surface area (Å²) in [5.41, 5.74) is 1.33. The lowest BCUT2D eigenvalue weighted by molar-refractivity contribution is -0.0142. The SMILES string of the molecule is CN1COCN(CCc2ccccc2)C1=S. The molecule has 1 aliphatic rings. The van der Waals surface area contributed by atoms with E-state index in [4.69, 9.17) is 17.0 Å². The van der Waals surface area contributed by atoms with Gasteiger partial charge in [0.1, 0.15) is 13.5 Å². The third-order valence-electron chi connectivity index (χ3n) is 2.64. The van der Waals surface area contributed by atoms with Crippen LogP contribution in [0.15, 0.2) is 30.3 Å². The summed E-state index contributed by atoms with van der Waals surface area (Å²) in [6.07, 6.45) is 0.998. The van der Waals surface area contributed by atoms with Crippen molar-refractivity contribution in [2.45, 2.75) is 6.42 Å². The zero-order valence-electron chi connectivity index (χ0n) is 9.43. The van der Waals surface area contributed by atoms with Crippen molar-refractivity contribution < 1.29 is 4.74 Å². The normalized spacial score (nSPS) is 16.7. The standard InChI is InChI=1S/C12H16N2OS/c1-13-9-15-10-14(12(13)16)8-7-11-5-3-2-4-6-11/h2-6H,7-10H2,1H3. The van der Waals surface area contributed by atoms with Gasteiger partial charge in [0, 0.05) is 13.6 Å². The van der Waals surface area contributed by atoms with Gasteiger partial charge in [0.25, 0.3) is 0 Å². The number of rotatable bonds is 3. The van der Waals surface area contributed by atoms with Gasteiger partial charge in [0.2, 0.25) is 0 Å². The molecule has 1 saturated heterocycles. The van der Waals surface area contributed by atoms with E-state index in [0.29, 0.717) is 13.5 Å². The Bertz CT molecular complexity index is 355. The summed E-state index contributed by atoms with van der Waals surface area (Å²) >= 11 is 5.34. The summed E-state index contributed by atoms with van der Waals surface area (Å²) in [5.74, 6) is 0. The minimum atomic E-state index is 0.598. The molecule has 1 aliphatic heterocycles. The second kappa shape index (κ2) is 5.27. The first-order valence-corrected chi connectivity index (χ1v) is 5.80. The number of thiocarbonyl (C=S) groups is 1. The maximum absolute atomic E-state index is 5.42. The topological polar surface area (TPSA) is 15.7 Å². The molecule has 1 fully saturated rings. The van der Waals surface area contributed by atoms with Gasteiger partial charge >= 0.3 is 0 Å². The molecule has 0 radical (unpaired) electrons. The molecule has 0 N–H and O–H groups in total. The number of benzene rings is 1. The summed E-state index contributed by atoms with van der Waals surface area (Å²) in [5, 5.41) is 0.877. The van der Waals surface area contributed by atoms with E-state index < -0.39 is 0 Å². The van der Waals surface area contributed by atoms with Crippen molar-refractivity contribution in [3.05, 3.63) is 35.9 Å². The molecule has 1 heterocycles. The average molecular weight is 236 g/mol. The van der Waals surface area contributed by atoms with Gasteiger partial charge in [0.05, 0.1) is 0 Å². The van der Waals surface area contributed by atoms with Gasteiger partial charge in [-0.2, -0.15) is 0 Å². The van der Waals surface area contributed by atoms with Crippen LogP contribution >= 0.6 is 12.2 Å². The van der Waals surface area contributed by atoms with Gasteiger partial charge in [-0.1, -0.05) is 30.3 Å². The van der Waals surface area contributed by atoms with Gasteiger partial charge in [-0.05, 0) is 24.2 Å². The number of hydrogen-bond acceptors (Lipinski definition) is 2. The molecular formula is C12H16N2OS. The van der Waals surface area contributed by atoms with E-state index in [1.54, 1.807) is 0 Å². The van der Waals surface area contributed by atoms with Crippen LogP contribution in [0.3, 0.4) is 0 Å². The third-order valence-corrected chi connectivity index (χ3v) is 3.21. The highest BCUT2D eigenvalue weighted by Crippen LogP contribution is 2.07. The van der Waals surface area contributed by atoms with E-state index >= 15 is 0 Å². The van der Waals surface area contributed by atoms with Crippen molar-refractivity contribution in [3.63, 3.8) is 0 Å². The van der Waals surface area contributed by atoms with Crippen molar-refractivity contribution in [1.82, 2.24) is 9.80 Å². The molecule has 0 aromatic heterocycles. The van der Waals surface area contributed by atoms with Crippen LogP contribution in [0.4, 0.5) is 0 Å². The smallest absolute Gasteiger partial charge is 0.174 e. The summed E-state index contributed by atoms with van der Waals surface area (Å²) < 4.78 is 5.42. The lowest BCUT2D eigenvalue weighted by Gasteiger charge is -2.35. The molecule has 0 bridgehead atoms.